The first kappa shape index (κ1) is 17.7. The second kappa shape index (κ2) is 8.26. The highest BCUT2D eigenvalue weighted by molar-refractivity contribution is 7.17. The third-order valence-corrected chi connectivity index (χ3v) is 5.45. The maximum absolute atomic E-state index is 12.4. The number of amides is 1. The lowest BCUT2D eigenvalue weighted by atomic mass is 10.0. The molecule has 0 aliphatic rings. The van der Waals surface area contributed by atoms with E-state index >= 15 is 0 Å². The van der Waals surface area contributed by atoms with Gasteiger partial charge in [0.05, 0.1) is 6.61 Å². The fraction of sp³-hybridized carbons (Fsp3) is 0.412. The van der Waals surface area contributed by atoms with Crippen LogP contribution in [0.15, 0.2) is 22.9 Å². The normalized spacial score (nSPS) is 10.8. The third-order valence-electron chi connectivity index (χ3n) is 3.65. The number of hydrogen-bond donors (Lipinski definition) is 1. The van der Waals surface area contributed by atoms with Crippen LogP contribution in [-0.4, -0.2) is 18.5 Å². The molecule has 2 rings (SSSR count). The Bertz CT molecular complexity index is 657. The Balaban J connectivity index is 2.36. The van der Waals surface area contributed by atoms with Gasteiger partial charge in [-0.2, -0.15) is 0 Å². The Morgan fingerprint density at radius 1 is 1.22 bits per heavy atom. The standard InChI is InChI=1S/C17H21NO3S2/c1-4-11(5-2)15(19)18-16-14(17(20)21-6-3)12(10-23-16)13-8-7-9-22-13/h7-11H,4-6H2,1-3H3,(H,18,19). The first-order valence-corrected chi connectivity index (χ1v) is 9.51. The minimum absolute atomic E-state index is 0.0415. The van der Waals surface area contributed by atoms with E-state index in [9.17, 15) is 9.59 Å². The second-order valence-corrected chi connectivity index (χ2v) is 6.88. The topological polar surface area (TPSA) is 55.4 Å². The van der Waals surface area contributed by atoms with Crippen molar-refractivity contribution in [3.63, 3.8) is 0 Å². The van der Waals surface area contributed by atoms with Crippen LogP contribution in [0.4, 0.5) is 5.00 Å². The van der Waals surface area contributed by atoms with Crippen molar-refractivity contribution in [1.29, 1.82) is 0 Å². The Hall–Kier alpha value is -1.66. The van der Waals surface area contributed by atoms with Crippen LogP contribution >= 0.6 is 22.7 Å². The fourth-order valence-corrected chi connectivity index (χ4v) is 4.12. The van der Waals surface area contributed by atoms with Crippen molar-refractivity contribution >= 4 is 39.6 Å². The maximum atomic E-state index is 12.4. The molecule has 0 unspecified atom stereocenters. The molecule has 0 saturated carbocycles. The number of ether oxygens (including phenoxy) is 1. The Kier molecular flexibility index (Phi) is 6.36. The smallest absolute Gasteiger partial charge is 0.341 e. The van der Waals surface area contributed by atoms with Gasteiger partial charge in [0, 0.05) is 21.7 Å². The molecule has 1 amide bonds. The summed E-state index contributed by atoms with van der Waals surface area (Å²) in [6.07, 6.45) is 1.56. The number of esters is 1. The average molecular weight is 351 g/mol. The van der Waals surface area contributed by atoms with Crippen LogP contribution < -0.4 is 5.32 Å². The molecule has 0 fully saturated rings. The third kappa shape index (κ3) is 4.00. The number of anilines is 1. The summed E-state index contributed by atoms with van der Waals surface area (Å²) in [5.74, 6) is -0.477. The summed E-state index contributed by atoms with van der Waals surface area (Å²) in [5, 5.41) is 7.36. The van der Waals surface area contributed by atoms with Crippen LogP contribution in [0.1, 0.15) is 44.0 Å². The molecule has 0 radical (unpaired) electrons. The second-order valence-electron chi connectivity index (χ2n) is 5.05. The molecule has 0 saturated heterocycles. The molecule has 2 aromatic rings. The fourth-order valence-electron chi connectivity index (χ4n) is 2.34. The average Bonchev–Trinajstić information content (AvgIpc) is 3.17. The van der Waals surface area contributed by atoms with Crippen molar-refractivity contribution in [2.45, 2.75) is 33.6 Å². The van der Waals surface area contributed by atoms with Crippen LogP contribution in [0.25, 0.3) is 10.4 Å². The van der Waals surface area contributed by atoms with Crippen LogP contribution in [0, 0.1) is 5.92 Å². The van der Waals surface area contributed by atoms with Gasteiger partial charge >= 0.3 is 5.97 Å². The van der Waals surface area contributed by atoms with E-state index in [0.717, 1.165) is 23.3 Å². The minimum Gasteiger partial charge on any atom is -0.462 e. The van der Waals surface area contributed by atoms with Gasteiger partial charge in [-0.3, -0.25) is 4.79 Å². The molecular weight excluding hydrogens is 330 g/mol. The molecule has 2 heterocycles. The molecule has 23 heavy (non-hydrogen) atoms. The highest BCUT2D eigenvalue weighted by Crippen LogP contribution is 2.38. The molecule has 0 bridgehead atoms. The maximum Gasteiger partial charge on any atom is 0.341 e. The number of hydrogen-bond acceptors (Lipinski definition) is 5. The van der Waals surface area contributed by atoms with Gasteiger partial charge in [-0.1, -0.05) is 19.9 Å². The zero-order valence-corrected chi connectivity index (χ0v) is 15.2. The zero-order valence-electron chi connectivity index (χ0n) is 13.5. The number of carbonyl (C=O) groups is 2. The van der Waals surface area contributed by atoms with Gasteiger partial charge in [-0.05, 0) is 31.2 Å². The molecule has 0 spiro atoms. The van der Waals surface area contributed by atoms with E-state index in [4.69, 9.17) is 4.74 Å². The molecule has 2 aromatic heterocycles. The lowest BCUT2D eigenvalue weighted by molar-refractivity contribution is -0.120. The highest BCUT2D eigenvalue weighted by atomic mass is 32.1. The van der Waals surface area contributed by atoms with Crippen molar-refractivity contribution in [1.82, 2.24) is 0 Å². The van der Waals surface area contributed by atoms with Crippen LogP contribution in [0.2, 0.25) is 0 Å². The van der Waals surface area contributed by atoms with Crippen LogP contribution in [0.3, 0.4) is 0 Å². The van der Waals surface area contributed by atoms with Gasteiger partial charge < -0.3 is 10.1 Å². The van der Waals surface area contributed by atoms with E-state index in [1.54, 1.807) is 18.3 Å². The highest BCUT2D eigenvalue weighted by Gasteiger charge is 2.24. The molecular formula is C17H21NO3S2. The van der Waals surface area contributed by atoms with E-state index in [1.165, 1.54) is 11.3 Å². The molecule has 0 aliphatic heterocycles. The SMILES string of the molecule is CCOC(=O)c1c(-c2cccs2)csc1NC(=O)C(CC)CC. The zero-order chi connectivity index (χ0) is 16.8. The summed E-state index contributed by atoms with van der Waals surface area (Å²) in [6.45, 7) is 6.06. The lowest BCUT2D eigenvalue weighted by Crippen LogP contribution is -2.22. The van der Waals surface area contributed by atoms with E-state index in [2.05, 4.69) is 5.32 Å². The van der Waals surface area contributed by atoms with Crippen molar-refractivity contribution in [2.75, 3.05) is 11.9 Å². The summed E-state index contributed by atoms with van der Waals surface area (Å²) < 4.78 is 5.18. The van der Waals surface area contributed by atoms with E-state index in [1.807, 2.05) is 36.7 Å². The number of nitrogens with one attached hydrogen (secondary N) is 1. The Morgan fingerprint density at radius 2 is 1.96 bits per heavy atom. The van der Waals surface area contributed by atoms with Crippen LogP contribution in [-0.2, 0) is 9.53 Å². The first-order chi connectivity index (χ1) is 11.1. The lowest BCUT2D eigenvalue weighted by Gasteiger charge is -2.13. The summed E-state index contributed by atoms with van der Waals surface area (Å²) in [7, 11) is 0. The monoisotopic (exact) mass is 351 g/mol. The quantitative estimate of drug-likeness (QED) is 0.712. The first-order valence-electron chi connectivity index (χ1n) is 7.75. The predicted molar refractivity (Wildman–Crippen MR) is 96.3 cm³/mol. The molecule has 0 aliphatic carbocycles. The molecule has 4 nitrogen and oxygen atoms in total. The number of carbonyl (C=O) groups excluding carboxylic acids is 2. The summed E-state index contributed by atoms with van der Waals surface area (Å²) in [5.41, 5.74) is 1.28. The Morgan fingerprint density at radius 3 is 2.52 bits per heavy atom. The van der Waals surface area contributed by atoms with Gasteiger partial charge in [0.2, 0.25) is 5.91 Å². The molecule has 124 valence electrons. The molecule has 1 N–H and O–H groups in total. The summed E-state index contributed by atoms with van der Waals surface area (Å²) >= 11 is 2.93. The van der Waals surface area contributed by atoms with Crippen molar-refractivity contribution in [2.24, 2.45) is 5.92 Å². The Labute approximate surface area is 144 Å². The predicted octanol–water partition coefficient (Wildman–Crippen LogP) is 5.03. The van der Waals surface area contributed by atoms with Crippen molar-refractivity contribution in [3.8, 4) is 10.4 Å². The number of thiophene rings is 2. The van der Waals surface area contributed by atoms with E-state index in [-0.39, 0.29) is 11.8 Å². The van der Waals surface area contributed by atoms with E-state index < -0.39 is 5.97 Å². The van der Waals surface area contributed by atoms with Gasteiger partial charge in [-0.15, -0.1) is 22.7 Å². The van der Waals surface area contributed by atoms with Gasteiger partial charge in [0.15, 0.2) is 0 Å². The molecule has 6 heteroatoms. The van der Waals surface area contributed by atoms with Gasteiger partial charge in [0.1, 0.15) is 10.6 Å². The molecule has 0 aromatic carbocycles. The summed E-state index contributed by atoms with van der Waals surface area (Å²) in [6, 6.07) is 3.90. The minimum atomic E-state index is -0.392. The van der Waals surface area contributed by atoms with Gasteiger partial charge in [-0.25, -0.2) is 4.79 Å². The van der Waals surface area contributed by atoms with Gasteiger partial charge in [0.25, 0.3) is 0 Å². The van der Waals surface area contributed by atoms with E-state index in [0.29, 0.717) is 17.2 Å². The summed E-state index contributed by atoms with van der Waals surface area (Å²) in [4.78, 5) is 25.7. The van der Waals surface area contributed by atoms with Crippen LogP contribution in [0.5, 0.6) is 0 Å². The van der Waals surface area contributed by atoms with Crippen molar-refractivity contribution < 1.29 is 14.3 Å². The largest absolute Gasteiger partial charge is 0.462 e. The van der Waals surface area contributed by atoms with Crippen molar-refractivity contribution in [3.05, 3.63) is 28.5 Å². The molecule has 0 atom stereocenters. The number of rotatable bonds is 7.